The molecular weight excluding hydrogens is 186 g/mol. The van der Waals surface area contributed by atoms with Crippen LogP contribution in [0, 0.1) is 0 Å². The highest BCUT2D eigenvalue weighted by Gasteiger charge is 2.06. The molecule has 0 spiro atoms. The smallest absolute Gasteiger partial charge is 0.143 e. The molecule has 2 aromatic heterocycles. The van der Waals surface area contributed by atoms with Gasteiger partial charge in [-0.05, 0) is 12.1 Å². The van der Waals surface area contributed by atoms with Gasteiger partial charge in [0.25, 0.3) is 0 Å². The number of nitrogens with zero attached hydrogens (tertiary/aromatic N) is 1. The van der Waals surface area contributed by atoms with Crippen LogP contribution in [0.2, 0.25) is 0 Å². The van der Waals surface area contributed by atoms with Gasteiger partial charge in [0.05, 0.1) is 6.26 Å². The first-order valence-corrected chi connectivity index (χ1v) is 4.82. The summed E-state index contributed by atoms with van der Waals surface area (Å²) in [6.07, 6.45) is 5.34. The molecule has 0 radical (unpaired) electrons. The van der Waals surface area contributed by atoms with Gasteiger partial charge in [0.1, 0.15) is 5.76 Å². The number of pyridine rings is 1. The summed E-state index contributed by atoms with van der Waals surface area (Å²) in [5.41, 5.74) is 1.01. The molecule has 0 aliphatic carbocycles. The third kappa shape index (κ3) is 1.31. The van der Waals surface area contributed by atoms with Gasteiger partial charge in [0.15, 0.2) is 0 Å². The van der Waals surface area contributed by atoms with E-state index in [1.807, 2.05) is 36.5 Å². The highest BCUT2D eigenvalue weighted by atomic mass is 16.3. The summed E-state index contributed by atoms with van der Waals surface area (Å²) >= 11 is 0. The Bertz CT molecular complexity index is 584. The van der Waals surface area contributed by atoms with Crippen LogP contribution in [0.5, 0.6) is 0 Å². The molecule has 0 unspecified atom stereocenters. The molecule has 15 heavy (non-hydrogen) atoms. The van der Waals surface area contributed by atoms with Gasteiger partial charge in [0.2, 0.25) is 0 Å². The number of rotatable bonds is 1. The van der Waals surface area contributed by atoms with E-state index in [2.05, 4.69) is 11.1 Å². The second-order valence-electron chi connectivity index (χ2n) is 3.39. The Labute approximate surface area is 87.2 Å². The number of fused-ring (bicyclic) bond motifs is 1. The number of aromatic nitrogens is 1. The van der Waals surface area contributed by atoms with Crippen molar-refractivity contribution in [2.75, 3.05) is 0 Å². The van der Waals surface area contributed by atoms with E-state index in [4.69, 9.17) is 4.42 Å². The van der Waals surface area contributed by atoms with Crippen LogP contribution < -0.4 is 0 Å². The van der Waals surface area contributed by atoms with Crippen molar-refractivity contribution in [2.24, 2.45) is 0 Å². The molecule has 3 rings (SSSR count). The Morgan fingerprint density at radius 3 is 2.80 bits per heavy atom. The molecule has 0 atom stereocenters. The van der Waals surface area contributed by atoms with Gasteiger partial charge in [-0.15, -0.1) is 0 Å². The molecule has 72 valence electrons. The van der Waals surface area contributed by atoms with Gasteiger partial charge in [-0.1, -0.05) is 24.3 Å². The predicted molar refractivity (Wildman–Crippen MR) is 59.4 cm³/mol. The van der Waals surface area contributed by atoms with E-state index in [1.54, 1.807) is 12.5 Å². The lowest BCUT2D eigenvalue weighted by Crippen LogP contribution is -1.76. The van der Waals surface area contributed by atoms with E-state index in [0.29, 0.717) is 0 Å². The van der Waals surface area contributed by atoms with Crippen molar-refractivity contribution in [1.29, 1.82) is 0 Å². The molecule has 2 nitrogen and oxygen atoms in total. The van der Waals surface area contributed by atoms with Crippen LogP contribution in [0.25, 0.3) is 22.1 Å². The Hall–Kier alpha value is -2.09. The highest BCUT2D eigenvalue weighted by molar-refractivity contribution is 5.93. The summed E-state index contributed by atoms with van der Waals surface area (Å²) in [5, 5.41) is 2.25. The van der Waals surface area contributed by atoms with Crippen molar-refractivity contribution in [1.82, 2.24) is 4.98 Å². The molecule has 2 heterocycles. The summed E-state index contributed by atoms with van der Waals surface area (Å²) in [6.45, 7) is 0. The largest absolute Gasteiger partial charge is 0.463 e. The monoisotopic (exact) mass is 195 g/mol. The number of furan rings is 1. The van der Waals surface area contributed by atoms with Crippen molar-refractivity contribution in [3.05, 3.63) is 55.1 Å². The van der Waals surface area contributed by atoms with Crippen molar-refractivity contribution < 1.29 is 4.42 Å². The zero-order chi connectivity index (χ0) is 10.1. The lowest BCUT2D eigenvalue weighted by atomic mass is 10.1. The fourth-order valence-electron chi connectivity index (χ4n) is 1.71. The van der Waals surface area contributed by atoms with Crippen LogP contribution >= 0.6 is 0 Å². The van der Waals surface area contributed by atoms with Crippen LogP contribution in [0.3, 0.4) is 0 Å². The van der Waals surface area contributed by atoms with Crippen LogP contribution in [0.4, 0.5) is 0 Å². The number of hydrogen-bond donors (Lipinski definition) is 0. The molecule has 0 saturated heterocycles. The first-order valence-electron chi connectivity index (χ1n) is 4.82. The molecule has 0 fully saturated rings. The number of hydrogen-bond acceptors (Lipinski definition) is 2. The van der Waals surface area contributed by atoms with Crippen molar-refractivity contribution >= 4 is 10.8 Å². The lowest BCUT2D eigenvalue weighted by molar-refractivity contribution is 0.587. The maximum atomic E-state index is 5.56. The summed E-state index contributed by atoms with van der Waals surface area (Å²) in [4.78, 5) is 4.09. The van der Waals surface area contributed by atoms with Gasteiger partial charge in [0, 0.05) is 28.7 Å². The SMILES string of the molecule is c1cncc(-c2occ3ccccc23)c1. The lowest BCUT2D eigenvalue weighted by Gasteiger charge is -1.95. The van der Waals surface area contributed by atoms with Crippen LogP contribution in [0.1, 0.15) is 0 Å². The minimum absolute atomic E-state index is 0.888. The maximum Gasteiger partial charge on any atom is 0.143 e. The van der Waals surface area contributed by atoms with E-state index < -0.39 is 0 Å². The third-order valence-electron chi connectivity index (χ3n) is 2.43. The molecule has 0 bridgehead atoms. The van der Waals surface area contributed by atoms with Gasteiger partial charge < -0.3 is 4.42 Å². The zero-order valence-electron chi connectivity index (χ0n) is 8.05. The molecule has 0 saturated carbocycles. The maximum absolute atomic E-state index is 5.56. The first-order chi connectivity index (χ1) is 7.45. The summed E-state index contributed by atoms with van der Waals surface area (Å²) in [6, 6.07) is 12.0. The predicted octanol–water partition coefficient (Wildman–Crippen LogP) is 3.49. The van der Waals surface area contributed by atoms with Crippen LogP contribution in [-0.2, 0) is 0 Å². The van der Waals surface area contributed by atoms with Crippen LogP contribution in [-0.4, -0.2) is 4.98 Å². The highest BCUT2D eigenvalue weighted by Crippen LogP contribution is 2.29. The van der Waals surface area contributed by atoms with E-state index in [0.717, 1.165) is 22.1 Å². The molecule has 3 aromatic rings. The Balaban J connectivity index is 2.28. The molecule has 0 aliphatic heterocycles. The Morgan fingerprint density at radius 2 is 1.93 bits per heavy atom. The fraction of sp³-hybridized carbons (Fsp3) is 0. The van der Waals surface area contributed by atoms with Gasteiger partial charge in [-0.2, -0.15) is 0 Å². The fourth-order valence-corrected chi connectivity index (χ4v) is 1.71. The Morgan fingerprint density at radius 1 is 1.00 bits per heavy atom. The normalized spacial score (nSPS) is 10.7. The minimum Gasteiger partial charge on any atom is -0.463 e. The van der Waals surface area contributed by atoms with E-state index in [-0.39, 0.29) is 0 Å². The van der Waals surface area contributed by atoms with E-state index >= 15 is 0 Å². The minimum atomic E-state index is 0.888. The molecule has 2 heteroatoms. The molecule has 0 amide bonds. The van der Waals surface area contributed by atoms with Gasteiger partial charge in [-0.3, -0.25) is 4.98 Å². The summed E-state index contributed by atoms with van der Waals surface area (Å²) < 4.78 is 5.56. The quantitative estimate of drug-likeness (QED) is 0.594. The third-order valence-corrected chi connectivity index (χ3v) is 2.43. The number of benzene rings is 1. The average molecular weight is 195 g/mol. The molecular formula is C13H9NO. The van der Waals surface area contributed by atoms with Crippen molar-refractivity contribution in [3.63, 3.8) is 0 Å². The van der Waals surface area contributed by atoms with Gasteiger partial charge in [-0.25, -0.2) is 0 Å². The molecule has 0 aliphatic rings. The summed E-state index contributed by atoms with van der Waals surface area (Å²) in [7, 11) is 0. The van der Waals surface area contributed by atoms with Crippen molar-refractivity contribution in [3.8, 4) is 11.3 Å². The molecule has 1 aromatic carbocycles. The summed E-state index contributed by atoms with van der Waals surface area (Å²) in [5.74, 6) is 0.888. The second kappa shape index (κ2) is 3.24. The first kappa shape index (κ1) is 8.24. The van der Waals surface area contributed by atoms with Gasteiger partial charge >= 0.3 is 0 Å². The van der Waals surface area contributed by atoms with Crippen LogP contribution in [0.15, 0.2) is 59.5 Å². The molecule has 0 N–H and O–H groups in total. The Kier molecular flexibility index (Phi) is 1.78. The second-order valence-corrected chi connectivity index (χ2v) is 3.39. The van der Waals surface area contributed by atoms with Crippen molar-refractivity contribution in [2.45, 2.75) is 0 Å². The van der Waals surface area contributed by atoms with E-state index in [9.17, 15) is 0 Å². The van der Waals surface area contributed by atoms with E-state index in [1.165, 1.54) is 0 Å². The standard InChI is InChI=1S/C13H9NO/c1-2-6-12-11(4-1)9-15-13(12)10-5-3-7-14-8-10/h1-9H. The zero-order valence-corrected chi connectivity index (χ0v) is 8.05. The topological polar surface area (TPSA) is 26.0 Å². The average Bonchev–Trinajstić information content (AvgIpc) is 2.74.